The summed E-state index contributed by atoms with van der Waals surface area (Å²) in [4.78, 5) is 0. The molecule has 3 heteroatoms. The molecule has 44 valence electrons. The SMILES string of the molecule is C=C(N)[C@@H](C)O.Cl. The lowest BCUT2D eigenvalue weighted by atomic mass is 10.3. The van der Waals surface area contributed by atoms with Gasteiger partial charge in [0.15, 0.2) is 0 Å². The molecular weight excluding hydrogens is 114 g/mol. The van der Waals surface area contributed by atoms with Gasteiger partial charge in [-0.2, -0.15) is 0 Å². The Balaban J connectivity index is 0. The molecule has 0 aromatic rings. The van der Waals surface area contributed by atoms with Crippen molar-refractivity contribution in [2.45, 2.75) is 13.0 Å². The molecule has 0 amide bonds. The summed E-state index contributed by atoms with van der Waals surface area (Å²) in [5, 5.41) is 8.41. The second-order valence-electron chi connectivity index (χ2n) is 1.25. The molecule has 0 saturated heterocycles. The minimum absolute atomic E-state index is 0. The van der Waals surface area contributed by atoms with Crippen molar-refractivity contribution in [3.05, 3.63) is 12.3 Å². The summed E-state index contributed by atoms with van der Waals surface area (Å²) in [7, 11) is 0. The van der Waals surface area contributed by atoms with E-state index in [9.17, 15) is 0 Å². The zero-order valence-corrected chi connectivity index (χ0v) is 5.03. The van der Waals surface area contributed by atoms with Crippen LogP contribution in [0.2, 0.25) is 0 Å². The van der Waals surface area contributed by atoms with Crippen LogP contribution < -0.4 is 5.73 Å². The third-order valence-electron chi connectivity index (χ3n) is 0.537. The molecular formula is C4H10ClNO. The molecule has 0 aromatic carbocycles. The van der Waals surface area contributed by atoms with E-state index < -0.39 is 6.10 Å². The maximum Gasteiger partial charge on any atom is 0.0898 e. The van der Waals surface area contributed by atoms with Crippen molar-refractivity contribution in [2.75, 3.05) is 0 Å². The van der Waals surface area contributed by atoms with E-state index in [2.05, 4.69) is 6.58 Å². The first-order chi connectivity index (χ1) is 2.64. The smallest absolute Gasteiger partial charge is 0.0898 e. The molecule has 0 aromatic heterocycles. The molecule has 0 bridgehead atoms. The van der Waals surface area contributed by atoms with Crippen molar-refractivity contribution in [3.63, 3.8) is 0 Å². The Kier molecular flexibility index (Phi) is 5.62. The van der Waals surface area contributed by atoms with Crippen LogP contribution in [0.4, 0.5) is 0 Å². The summed E-state index contributed by atoms with van der Waals surface area (Å²) in [5.41, 5.74) is 5.31. The molecule has 7 heavy (non-hydrogen) atoms. The first kappa shape index (κ1) is 9.92. The predicted molar refractivity (Wildman–Crippen MR) is 32.3 cm³/mol. The number of aliphatic hydroxyl groups excluding tert-OH is 1. The van der Waals surface area contributed by atoms with Crippen molar-refractivity contribution in [3.8, 4) is 0 Å². The fraction of sp³-hybridized carbons (Fsp3) is 0.500. The Morgan fingerprint density at radius 3 is 2.00 bits per heavy atom. The summed E-state index contributed by atoms with van der Waals surface area (Å²) >= 11 is 0. The minimum Gasteiger partial charge on any atom is -0.400 e. The Bertz CT molecular complexity index is 62.7. The summed E-state index contributed by atoms with van der Waals surface area (Å²) in [6.45, 7) is 4.85. The topological polar surface area (TPSA) is 46.2 Å². The predicted octanol–water partition coefficient (Wildman–Crippen LogP) is 0.261. The number of hydrogen-bond acceptors (Lipinski definition) is 2. The Morgan fingerprint density at radius 2 is 2.00 bits per heavy atom. The van der Waals surface area contributed by atoms with Gasteiger partial charge >= 0.3 is 0 Å². The van der Waals surface area contributed by atoms with Crippen molar-refractivity contribution >= 4 is 12.4 Å². The molecule has 2 nitrogen and oxygen atoms in total. The highest BCUT2D eigenvalue weighted by atomic mass is 35.5. The molecule has 1 atom stereocenters. The van der Waals surface area contributed by atoms with Crippen LogP contribution in [0, 0.1) is 0 Å². The van der Waals surface area contributed by atoms with Gasteiger partial charge in [0, 0.05) is 5.70 Å². The van der Waals surface area contributed by atoms with E-state index in [1.54, 1.807) is 6.92 Å². The van der Waals surface area contributed by atoms with Gasteiger partial charge in [0.25, 0.3) is 0 Å². The van der Waals surface area contributed by atoms with Gasteiger partial charge in [-0.25, -0.2) is 0 Å². The first-order valence-electron chi connectivity index (χ1n) is 1.77. The third-order valence-corrected chi connectivity index (χ3v) is 0.537. The van der Waals surface area contributed by atoms with Gasteiger partial charge in [-0.05, 0) is 6.92 Å². The van der Waals surface area contributed by atoms with Crippen molar-refractivity contribution in [1.29, 1.82) is 0 Å². The summed E-state index contributed by atoms with van der Waals surface area (Å²) < 4.78 is 0. The van der Waals surface area contributed by atoms with Crippen molar-refractivity contribution < 1.29 is 5.11 Å². The van der Waals surface area contributed by atoms with E-state index in [1.165, 1.54) is 0 Å². The van der Waals surface area contributed by atoms with Crippen LogP contribution in [0.1, 0.15) is 6.92 Å². The maximum absolute atomic E-state index is 8.41. The van der Waals surface area contributed by atoms with Gasteiger partial charge in [0.05, 0.1) is 6.10 Å². The van der Waals surface area contributed by atoms with Gasteiger partial charge < -0.3 is 10.8 Å². The van der Waals surface area contributed by atoms with Crippen LogP contribution in [0.5, 0.6) is 0 Å². The molecule has 0 aliphatic rings. The Hall–Kier alpha value is -0.210. The van der Waals surface area contributed by atoms with Crippen LogP contribution in [0.15, 0.2) is 12.3 Å². The van der Waals surface area contributed by atoms with Crippen LogP contribution in [0.3, 0.4) is 0 Å². The van der Waals surface area contributed by atoms with Crippen LogP contribution in [-0.4, -0.2) is 11.2 Å². The molecule has 0 saturated carbocycles. The number of hydrogen-bond donors (Lipinski definition) is 2. The lowest BCUT2D eigenvalue weighted by Crippen LogP contribution is -2.10. The first-order valence-corrected chi connectivity index (χ1v) is 1.77. The zero-order valence-electron chi connectivity index (χ0n) is 4.22. The largest absolute Gasteiger partial charge is 0.400 e. The molecule has 0 aliphatic heterocycles. The number of rotatable bonds is 1. The molecule has 0 rings (SSSR count). The maximum atomic E-state index is 8.41. The fourth-order valence-electron chi connectivity index (χ4n) is 0. The van der Waals surface area contributed by atoms with E-state index in [0.29, 0.717) is 5.70 Å². The van der Waals surface area contributed by atoms with Crippen molar-refractivity contribution in [1.82, 2.24) is 0 Å². The number of halogens is 1. The van der Waals surface area contributed by atoms with E-state index in [-0.39, 0.29) is 12.4 Å². The highest BCUT2D eigenvalue weighted by molar-refractivity contribution is 5.85. The molecule has 0 radical (unpaired) electrons. The van der Waals surface area contributed by atoms with Gasteiger partial charge in [-0.1, -0.05) is 6.58 Å². The van der Waals surface area contributed by atoms with Crippen LogP contribution in [0.25, 0.3) is 0 Å². The van der Waals surface area contributed by atoms with E-state index in [0.717, 1.165) is 0 Å². The average Bonchev–Trinajstić information content (AvgIpc) is 1.36. The van der Waals surface area contributed by atoms with E-state index in [1.807, 2.05) is 0 Å². The van der Waals surface area contributed by atoms with Crippen LogP contribution >= 0.6 is 12.4 Å². The summed E-state index contributed by atoms with van der Waals surface area (Å²) in [6, 6.07) is 0. The molecule has 0 fully saturated rings. The zero-order chi connectivity index (χ0) is 5.15. The minimum atomic E-state index is -0.565. The second-order valence-corrected chi connectivity index (χ2v) is 1.25. The summed E-state index contributed by atoms with van der Waals surface area (Å²) in [5.74, 6) is 0. The highest BCUT2D eigenvalue weighted by Crippen LogP contribution is 1.83. The lowest BCUT2D eigenvalue weighted by Gasteiger charge is -1.97. The summed E-state index contributed by atoms with van der Waals surface area (Å²) in [6.07, 6.45) is -0.565. The normalized spacial score (nSPS) is 11.7. The fourth-order valence-corrected chi connectivity index (χ4v) is 0. The molecule has 0 aliphatic carbocycles. The van der Waals surface area contributed by atoms with Gasteiger partial charge in [0.1, 0.15) is 0 Å². The highest BCUT2D eigenvalue weighted by Gasteiger charge is 1.90. The average molecular weight is 124 g/mol. The number of aliphatic hydroxyl groups is 1. The molecule has 0 unspecified atom stereocenters. The molecule has 0 heterocycles. The van der Waals surface area contributed by atoms with Crippen LogP contribution in [-0.2, 0) is 0 Å². The molecule has 0 spiro atoms. The van der Waals surface area contributed by atoms with Gasteiger partial charge in [-0.3, -0.25) is 0 Å². The Labute approximate surface area is 49.4 Å². The number of nitrogens with two attached hydrogens (primary N) is 1. The van der Waals surface area contributed by atoms with Gasteiger partial charge in [0.2, 0.25) is 0 Å². The third kappa shape index (κ3) is 5.79. The van der Waals surface area contributed by atoms with E-state index >= 15 is 0 Å². The second kappa shape index (κ2) is 3.96. The standard InChI is InChI=1S/C4H9NO.ClH/c1-3(5)4(2)6;/h4,6H,1,5H2,2H3;1H/t4-;/m1./s1. The Morgan fingerprint density at radius 1 is 1.86 bits per heavy atom. The van der Waals surface area contributed by atoms with Gasteiger partial charge in [-0.15, -0.1) is 12.4 Å². The van der Waals surface area contributed by atoms with Crippen molar-refractivity contribution in [2.24, 2.45) is 5.73 Å². The quantitative estimate of drug-likeness (QED) is 0.526. The molecule has 3 N–H and O–H groups in total. The van der Waals surface area contributed by atoms with E-state index in [4.69, 9.17) is 10.8 Å². The monoisotopic (exact) mass is 123 g/mol. The lowest BCUT2D eigenvalue weighted by molar-refractivity contribution is 0.230.